The number of ether oxygens (including phenoxy) is 1. The number of fused-ring (bicyclic) bond motifs is 3. The average molecular weight is 379 g/mol. The van der Waals surface area contributed by atoms with Crippen molar-refractivity contribution in [3.8, 4) is 0 Å². The number of hydrogen-bond donors (Lipinski definition) is 2. The number of aldehydes is 1. The largest absolute Gasteiger partial charge is 0.385 e. The summed E-state index contributed by atoms with van der Waals surface area (Å²) in [5.41, 5.74) is 3.29. The molecule has 1 atom stereocenters. The van der Waals surface area contributed by atoms with E-state index in [-0.39, 0.29) is 0 Å². The van der Waals surface area contributed by atoms with Crippen LogP contribution >= 0.6 is 0 Å². The zero-order chi connectivity index (χ0) is 19.4. The van der Waals surface area contributed by atoms with Crippen LogP contribution in [0.1, 0.15) is 23.1 Å². The minimum absolute atomic E-state index is 0.647. The Bertz CT molecular complexity index is 942. The molecule has 146 valence electrons. The lowest BCUT2D eigenvalue weighted by atomic mass is 9.92. The van der Waals surface area contributed by atoms with E-state index in [1.54, 1.807) is 7.11 Å². The van der Waals surface area contributed by atoms with Gasteiger partial charge in [-0.3, -0.25) is 20.1 Å². The van der Waals surface area contributed by atoms with Crippen LogP contribution in [0.2, 0.25) is 0 Å². The summed E-state index contributed by atoms with van der Waals surface area (Å²) in [6.45, 7) is 2.75. The van der Waals surface area contributed by atoms with Gasteiger partial charge in [-0.25, -0.2) is 4.98 Å². The molecule has 0 fully saturated rings. The van der Waals surface area contributed by atoms with Gasteiger partial charge in [0, 0.05) is 38.4 Å². The SMILES string of the molecule is COCCCNC(C=O)(c1ccccc1)N1CCc2c(cnc3[nH]ncc23)C1. The van der Waals surface area contributed by atoms with Crippen molar-refractivity contribution in [2.75, 3.05) is 26.8 Å². The Labute approximate surface area is 164 Å². The van der Waals surface area contributed by atoms with Gasteiger partial charge in [-0.15, -0.1) is 0 Å². The number of carbonyl (C=O) groups excluding carboxylic acids is 1. The maximum atomic E-state index is 12.5. The minimum Gasteiger partial charge on any atom is -0.385 e. The number of methoxy groups -OCH3 is 1. The predicted molar refractivity (Wildman–Crippen MR) is 107 cm³/mol. The molecule has 2 aromatic heterocycles. The maximum absolute atomic E-state index is 12.5. The van der Waals surface area contributed by atoms with E-state index in [1.165, 1.54) is 5.56 Å². The second-order valence-corrected chi connectivity index (χ2v) is 7.09. The van der Waals surface area contributed by atoms with E-state index < -0.39 is 5.66 Å². The number of nitrogens with one attached hydrogen (secondary N) is 2. The van der Waals surface area contributed by atoms with Gasteiger partial charge in [0.15, 0.2) is 17.6 Å². The molecule has 7 heteroatoms. The van der Waals surface area contributed by atoms with Crippen LogP contribution in [-0.4, -0.2) is 53.2 Å². The fourth-order valence-corrected chi connectivity index (χ4v) is 4.02. The second kappa shape index (κ2) is 8.18. The quantitative estimate of drug-likeness (QED) is 0.460. The summed E-state index contributed by atoms with van der Waals surface area (Å²) in [5, 5.41) is 11.6. The van der Waals surface area contributed by atoms with Gasteiger partial charge in [0.25, 0.3) is 0 Å². The van der Waals surface area contributed by atoms with E-state index in [0.717, 1.165) is 47.8 Å². The zero-order valence-corrected chi connectivity index (χ0v) is 16.0. The highest BCUT2D eigenvalue weighted by Gasteiger charge is 2.40. The molecule has 0 saturated carbocycles. The van der Waals surface area contributed by atoms with Gasteiger partial charge in [0.05, 0.1) is 6.20 Å². The fraction of sp³-hybridized carbons (Fsp3) is 0.381. The maximum Gasteiger partial charge on any atom is 0.159 e. The van der Waals surface area contributed by atoms with Crippen molar-refractivity contribution in [1.29, 1.82) is 0 Å². The third-order valence-corrected chi connectivity index (χ3v) is 5.48. The molecular weight excluding hydrogens is 354 g/mol. The molecule has 0 spiro atoms. The molecule has 0 radical (unpaired) electrons. The van der Waals surface area contributed by atoms with Gasteiger partial charge in [0.2, 0.25) is 0 Å². The van der Waals surface area contributed by atoms with Crippen LogP contribution in [0.4, 0.5) is 0 Å². The second-order valence-electron chi connectivity index (χ2n) is 7.09. The van der Waals surface area contributed by atoms with E-state index in [2.05, 4.69) is 25.4 Å². The van der Waals surface area contributed by atoms with E-state index in [1.807, 2.05) is 42.7 Å². The molecule has 0 aliphatic carbocycles. The number of aromatic nitrogens is 3. The van der Waals surface area contributed by atoms with Crippen molar-refractivity contribution in [2.45, 2.75) is 25.0 Å². The number of nitrogens with zero attached hydrogens (tertiary/aromatic N) is 3. The summed E-state index contributed by atoms with van der Waals surface area (Å²) in [4.78, 5) is 19.2. The number of hydrogen-bond acceptors (Lipinski definition) is 6. The normalized spacial score (nSPS) is 16.6. The summed E-state index contributed by atoms with van der Waals surface area (Å²) in [5.74, 6) is 0. The van der Waals surface area contributed by atoms with Crippen molar-refractivity contribution >= 4 is 17.3 Å². The number of H-pyrrole nitrogens is 1. The van der Waals surface area contributed by atoms with Crippen LogP contribution < -0.4 is 5.32 Å². The van der Waals surface area contributed by atoms with Crippen molar-refractivity contribution in [3.63, 3.8) is 0 Å². The summed E-state index contributed by atoms with van der Waals surface area (Å²) in [6, 6.07) is 9.92. The Morgan fingerprint density at radius 3 is 2.96 bits per heavy atom. The van der Waals surface area contributed by atoms with Crippen molar-refractivity contribution in [1.82, 2.24) is 25.4 Å². The Kier molecular flexibility index (Phi) is 5.47. The van der Waals surface area contributed by atoms with Gasteiger partial charge in [-0.1, -0.05) is 30.3 Å². The first-order chi connectivity index (χ1) is 13.8. The number of rotatable bonds is 8. The third-order valence-electron chi connectivity index (χ3n) is 5.48. The Morgan fingerprint density at radius 1 is 1.32 bits per heavy atom. The number of pyridine rings is 1. The highest BCUT2D eigenvalue weighted by Crippen LogP contribution is 2.32. The molecule has 7 nitrogen and oxygen atoms in total. The molecule has 1 aliphatic heterocycles. The predicted octanol–water partition coefficient (Wildman–Crippen LogP) is 1.99. The smallest absolute Gasteiger partial charge is 0.159 e. The van der Waals surface area contributed by atoms with Crippen LogP contribution in [0.5, 0.6) is 0 Å². The molecule has 28 heavy (non-hydrogen) atoms. The lowest BCUT2D eigenvalue weighted by molar-refractivity contribution is -0.122. The van der Waals surface area contributed by atoms with Gasteiger partial charge in [-0.05, 0) is 36.1 Å². The molecule has 1 aliphatic rings. The monoisotopic (exact) mass is 379 g/mol. The van der Waals surface area contributed by atoms with Crippen molar-refractivity contribution < 1.29 is 9.53 Å². The van der Waals surface area contributed by atoms with Crippen LogP contribution in [-0.2, 0) is 28.2 Å². The van der Waals surface area contributed by atoms with Gasteiger partial charge in [-0.2, -0.15) is 5.10 Å². The van der Waals surface area contributed by atoms with Crippen LogP contribution in [0.3, 0.4) is 0 Å². The first-order valence-electron chi connectivity index (χ1n) is 9.59. The third kappa shape index (κ3) is 3.32. The molecule has 0 amide bonds. The lowest BCUT2D eigenvalue weighted by Crippen LogP contribution is -2.59. The first kappa shape index (κ1) is 18.7. The summed E-state index contributed by atoms with van der Waals surface area (Å²) >= 11 is 0. The molecular formula is C21H25N5O2. The van der Waals surface area contributed by atoms with Crippen LogP contribution in [0.25, 0.3) is 11.0 Å². The molecule has 1 aromatic carbocycles. The van der Waals surface area contributed by atoms with Crippen molar-refractivity contribution in [2.24, 2.45) is 0 Å². The highest BCUT2D eigenvalue weighted by molar-refractivity contribution is 5.79. The van der Waals surface area contributed by atoms with Gasteiger partial charge >= 0.3 is 0 Å². The van der Waals surface area contributed by atoms with Crippen LogP contribution in [0.15, 0.2) is 42.7 Å². The molecule has 0 saturated heterocycles. The summed E-state index contributed by atoms with van der Waals surface area (Å²) in [7, 11) is 1.69. The summed E-state index contributed by atoms with van der Waals surface area (Å²) in [6.07, 6.45) is 6.44. The number of aromatic amines is 1. The standard InChI is InChI=1S/C21H25N5O2/c1-28-11-5-9-23-21(15-27,17-6-3-2-4-7-17)26-10-8-18-16(14-26)12-22-20-19(18)13-24-25-20/h2-4,6-7,12-13,15,23H,5,8-11,14H2,1H3,(H,22,24,25). The zero-order valence-electron chi connectivity index (χ0n) is 16.0. The van der Waals surface area contributed by atoms with Gasteiger partial charge in [0.1, 0.15) is 0 Å². The minimum atomic E-state index is -0.877. The van der Waals surface area contributed by atoms with E-state index >= 15 is 0 Å². The Balaban J connectivity index is 1.67. The molecule has 1 unspecified atom stereocenters. The topological polar surface area (TPSA) is 83.1 Å². The molecule has 2 N–H and O–H groups in total. The van der Waals surface area contributed by atoms with Crippen LogP contribution in [0, 0.1) is 0 Å². The van der Waals surface area contributed by atoms with E-state index in [0.29, 0.717) is 19.7 Å². The highest BCUT2D eigenvalue weighted by atomic mass is 16.5. The fourth-order valence-electron chi connectivity index (χ4n) is 4.02. The van der Waals surface area contributed by atoms with Gasteiger partial charge < -0.3 is 4.74 Å². The number of benzene rings is 1. The lowest BCUT2D eigenvalue weighted by Gasteiger charge is -2.43. The Hall–Kier alpha value is -2.61. The summed E-state index contributed by atoms with van der Waals surface area (Å²) < 4.78 is 5.16. The first-order valence-corrected chi connectivity index (χ1v) is 9.59. The Morgan fingerprint density at radius 2 is 2.18 bits per heavy atom. The molecule has 3 aromatic rings. The molecule has 0 bridgehead atoms. The number of carbonyl (C=O) groups is 1. The van der Waals surface area contributed by atoms with E-state index in [9.17, 15) is 4.79 Å². The van der Waals surface area contributed by atoms with E-state index in [4.69, 9.17) is 4.74 Å². The van der Waals surface area contributed by atoms with Crippen molar-refractivity contribution in [3.05, 3.63) is 59.4 Å². The molecule has 4 rings (SSSR count). The molecule has 3 heterocycles. The average Bonchev–Trinajstić information content (AvgIpc) is 3.24.